The predicted molar refractivity (Wildman–Crippen MR) is 73.8 cm³/mol. The molecule has 1 heterocycles. The summed E-state index contributed by atoms with van der Waals surface area (Å²) in [7, 11) is 0. The van der Waals surface area contributed by atoms with Crippen LogP contribution in [0.4, 0.5) is 0 Å². The van der Waals surface area contributed by atoms with E-state index in [2.05, 4.69) is 11.9 Å². The molecule has 0 aliphatic heterocycles. The number of rotatable bonds is 7. The van der Waals surface area contributed by atoms with Crippen LogP contribution in [0.2, 0.25) is 0 Å². The summed E-state index contributed by atoms with van der Waals surface area (Å²) in [6.45, 7) is 4.42. The molecule has 100 valence electrons. The fourth-order valence-corrected chi connectivity index (χ4v) is 2.76. The van der Waals surface area contributed by atoms with E-state index in [0.717, 1.165) is 36.9 Å². The summed E-state index contributed by atoms with van der Waals surface area (Å²) in [4.78, 5) is 18.7. The summed E-state index contributed by atoms with van der Waals surface area (Å²) >= 11 is 1.53. The van der Waals surface area contributed by atoms with Crippen molar-refractivity contribution in [3.8, 4) is 0 Å². The van der Waals surface area contributed by atoms with Crippen molar-refractivity contribution in [2.45, 2.75) is 32.6 Å². The maximum atomic E-state index is 12.4. The fraction of sp³-hybridized carbons (Fsp3) is 0.692. The van der Waals surface area contributed by atoms with Gasteiger partial charge in [0.1, 0.15) is 5.69 Å². The molecular formula is C13H21N3OS. The minimum absolute atomic E-state index is 0.0864. The molecule has 1 aliphatic carbocycles. The van der Waals surface area contributed by atoms with Gasteiger partial charge in [-0.25, -0.2) is 4.98 Å². The van der Waals surface area contributed by atoms with E-state index in [-0.39, 0.29) is 5.91 Å². The molecule has 0 atom stereocenters. The lowest BCUT2D eigenvalue weighted by atomic mass is 10.3. The van der Waals surface area contributed by atoms with Crippen LogP contribution in [0.25, 0.3) is 0 Å². The molecule has 0 aromatic carbocycles. The minimum atomic E-state index is 0.0864. The van der Waals surface area contributed by atoms with Crippen molar-refractivity contribution in [3.63, 3.8) is 0 Å². The lowest BCUT2D eigenvalue weighted by molar-refractivity contribution is 0.0742. The number of carbonyl (C=O) groups is 1. The quantitative estimate of drug-likeness (QED) is 0.821. The van der Waals surface area contributed by atoms with Gasteiger partial charge < -0.3 is 10.6 Å². The predicted octanol–water partition coefficient (Wildman–Crippen LogP) is 1.91. The maximum Gasteiger partial charge on any atom is 0.273 e. The number of nitrogens with two attached hydrogens (primary N) is 1. The molecule has 1 saturated carbocycles. The smallest absolute Gasteiger partial charge is 0.273 e. The number of carbonyl (C=O) groups excluding carboxylic acids is 1. The highest BCUT2D eigenvalue weighted by molar-refractivity contribution is 7.09. The van der Waals surface area contributed by atoms with Gasteiger partial charge in [-0.15, -0.1) is 11.3 Å². The highest BCUT2D eigenvalue weighted by Crippen LogP contribution is 2.30. The van der Waals surface area contributed by atoms with Gasteiger partial charge in [0.25, 0.3) is 5.91 Å². The number of amides is 1. The molecule has 0 unspecified atom stereocenters. The number of aromatic nitrogens is 1. The zero-order chi connectivity index (χ0) is 13.0. The van der Waals surface area contributed by atoms with E-state index < -0.39 is 0 Å². The lowest BCUT2D eigenvalue weighted by Crippen LogP contribution is -2.33. The largest absolute Gasteiger partial charge is 0.337 e. The second kappa shape index (κ2) is 6.29. The molecule has 1 aliphatic rings. The van der Waals surface area contributed by atoms with E-state index in [0.29, 0.717) is 12.2 Å². The Morgan fingerprint density at radius 2 is 2.39 bits per heavy atom. The number of hydrogen-bond donors (Lipinski definition) is 1. The molecule has 5 heteroatoms. The Morgan fingerprint density at radius 1 is 1.61 bits per heavy atom. The summed E-state index contributed by atoms with van der Waals surface area (Å²) in [6.07, 6.45) is 4.29. The standard InChI is InChI=1S/C13H21N3OS/c1-2-7-16(8-10-3-4-10)13(17)11-9-18-12(15-11)5-6-14/h9-10H,2-8,14H2,1H3. The van der Waals surface area contributed by atoms with E-state index in [4.69, 9.17) is 5.73 Å². The van der Waals surface area contributed by atoms with E-state index in [1.165, 1.54) is 24.2 Å². The van der Waals surface area contributed by atoms with Crippen LogP contribution < -0.4 is 5.73 Å². The third-order valence-electron chi connectivity index (χ3n) is 3.09. The first kappa shape index (κ1) is 13.5. The van der Waals surface area contributed by atoms with Crippen molar-refractivity contribution >= 4 is 17.2 Å². The van der Waals surface area contributed by atoms with Gasteiger partial charge in [-0.3, -0.25) is 4.79 Å². The van der Waals surface area contributed by atoms with Crippen LogP contribution in [0.3, 0.4) is 0 Å². The van der Waals surface area contributed by atoms with Gasteiger partial charge in [0.05, 0.1) is 5.01 Å². The Bertz CT molecular complexity index is 401. The van der Waals surface area contributed by atoms with Gasteiger partial charge in [-0.2, -0.15) is 0 Å². The van der Waals surface area contributed by atoms with Crippen LogP contribution in [0.5, 0.6) is 0 Å². The molecule has 4 nitrogen and oxygen atoms in total. The Balaban J connectivity index is 2.00. The Kier molecular flexibility index (Phi) is 4.72. The average molecular weight is 267 g/mol. The fourth-order valence-electron chi connectivity index (χ4n) is 1.97. The summed E-state index contributed by atoms with van der Waals surface area (Å²) in [5.41, 5.74) is 6.09. The van der Waals surface area contributed by atoms with Crippen LogP contribution in [-0.2, 0) is 6.42 Å². The van der Waals surface area contributed by atoms with Gasteiger partial charge >= 0.3 is 0 Å². The molecule has 1 aromatic heterocycles. The van der Waals surface area contributed by atoms with E-state index in [9.17, 15) is 4.79 Å². The molecule has 18 heavy (non-hydrogen) atoms. The monoisotopic (exact) mass is 267 g/mol. The molecule has 2 rings (SSSR count). The van der Waals surface area contributed by atoms with Gasteiger partial charge in [-0.1, -0.05) is 6.92 Å². The van der Waals surface area contributed by atoms with Crippen molar-refractivity contribution in [1.82, 2.24) is 9.88 Å². The van der Waals surface area contributed by atoms with Crippen molar-refractivity contribution in [1.29, 1.82) is 0 Å². The van der Waals surface area contributed by atoms with Crippen LogP contribution in [0.1, 0.15) is 41.7 Å². The van der Waals surface area contributed by atoms with Crippen LogP contribution in [0, 0.1) is 5.92 Å². The molecule has 1 fully saturated rings. The molecule has 0 spiro atoms. The van der Waals surface area contributed by atoms with Crippen LogP contribution in [0.15, 0.2) is 5.38 Å². The maximum absolute atomic E-state index is 12.4. The molecule has 0 saturated heterocycles. The highest BCUT2D eigenvalue weighted by Gasteiger charge is 2.27. The molecule has 0 bridgehead atoms. The summed E-state index contributed by atoms with van der Waals surface area (Å²) in [5, 5.41) is 2.83. The molecule has 1 amide bonds. The second-order valence-electron chi connectivity index (χ2n) is 4.86. The van der Waals surface area contributed by atoms with Gasteiger partial charge in [0.15, 0.2) is 0 Å². The summed E-state index contributed by atoms with van der Waals surface area (Å²) in [5.74, 6) is 0.811. The lowest BCUT2D eigenvalue weighted by Gasteiger charge is -2.20. The van der Waals surface area contributed by atoms with Gasteiger partial charge in [0.2, 0.25) is 0 Å². The van der Waals surface area contributed by atoms with E-state index in [1.807, 2.05) is 10.3 Å². The first-order valence-corrected chi connectivity index (χ1v) is 7.56. The normalized spacial score (nSPS) is 14.8. The van der Waals surface area contributed by atoms with Crippen molar-refractivity contribution < 1.29 is 4.79 Å². The molecular weight excluding hydrogens is 246 g/mol. The third-order valence-corrected chi connectivity index (χ3v) is 3.99. The summed E-state index contributed by atoms with van der Waals surface area (Å²) in [6, 6.07) is 0. The minimum Gasteiger partial charge on any atom is -0.337 e. The number of nitrogens with zero attached hydrogens (tertiary/aromatic N) is 2. The topological polar surface area (TPSA) is 59.2 Å². The second-order valence-corrected chi connectivity index (χ2v) is 5.80. The van der Waals surface area contributed by atoms with Crippen molar-refractivity contribution in [3.05, 3.63) is 16.1 Å². The first-order valence-electron chi connectivity index (χ1n) is 6.68. The van der Waals surface area contributed by atoms with Crippen LogP contribution >= 0.6 is 11.3 Å². The molecule has 2 N–H and O–H groups in total. The van der Waals surface area contributed by atoms with Crippen molar-refractivity contribution in [2.24, 2.45) is 11.7 Å². The van der Waals surface area contributed by atoms with Gasteiger partial charge in [-0.05, 0) is 31.7 Å². The number of hydrogen-bond acceptors (Lipinski definition) is 4. The van der Waals surface area contributed by atoms with E-state index >= 15 is 0 Å². The van der Waals surface area contributed by atoms with Gasteiger partial charge in [0, 0.05) is 24.9 Å². The Morgan fingerprint density at radius 3 is 3.00 bits per heavy atom. The Hall–Kier alpha value is -0.940. The molecule has 0 radical (unpaired) electrons. The highest BCUT2D eigenvalue weighted by atomic mass is 32.1. The first-order chi connectivity index (χ1) is 8.74. The zero-order valence-corrected chi connectivity index (χ0v) is 11.7. The average Bonchev–Trinajstić information content (AvgIpc) is 3.05. The molecule has 1 aromatic rings. The van der Waals surface area contributed by atoms with E-state index in [1.54, 1.807) is 0 Å². The van der Waals surface area contributed by atoms with Crippen molar-refractivity contribution in [2.75, 3.05) is 19.6 Å². The Labute approximate surface area is 112 Å². The van der Waals surface area contributed by atoms with Crippen LogP contribution in [-0.4, -0.2) is 35.4 Å². The SMILES string of the molecule is CCCN(CC1CC1)C(=O)c1csc(CCN)n1. The summed E-state index contributed by atoms with van der Waals surface area (Å²) < 4.78 is 0. The number of thiazole rings is 1. The zero-order valence-electron chi connectivity index (χ0n) is 10.9. The third kappa shape index (κ3) is 3.53.